The quantitative estimate of drug-likeness (QED) is 0.301. The van der Waals surface area contributed by atoms with E-state index in [1.54, 1.807) is 0 Å². The van der Waals surface area contributed by atoms with Crippen LogP contribution in [0.1, 0.15) is 6.92 Å². The molecular weight excluding hydrogens is 208 g/mol. The molecule has 0 spiro atoms. The Labute approximate surface area is 86.3 Å². The molecule has 7 heteroatoms. The molecule has 1 amide bonds. The van der Waals surface area contributed by atoms with Crippen LogP contribution in [0.5, 0.6) is 0 Å². The molecule has 7 nitrogen and oxygen atoms in total. The molecule has 0 radical (unpaired) electrons. The minimum absolute atomic E-state index is 0.235. The predicted octanol–water partition coefficient (Wildman–Crippen LogP) is -3.23. The third-order valence-corrected chi connectivity index (χ3v) is 1.82. The van der Waals surface area contributed by atoms with E-state index < -0.39 is 36.9 Å². The monoisotopic (exact) mass is 223 g/mol. The van der Waals surface area contributed by atoms with Gasteiger partial charge in [0.2, 0.25) is 5.91 Å². The van der Waals surface area contributed by atoms with Crippen molar-refractivity contribution in [1.82, 2.24) is 5.32 Å². The summed E-state index contributed by atoms with van der Waals surface area (Å²) in [5, 5.41) is 38.2. The maximum atomic E-state index is 10.6. The van der Waals surface area contributed by atoms with Crippen molar-refractivity contribution < 1.29 is 30.0 Å². The summed E-state index contributed by atoms with van der Waals surface area (Å²) in [7, 11) is 0. The SMILES string of the molecule is CC(=O)N[C@@H]([14CH]=O)[C@@H](O)[C@H](O)[C@H](O)CO. The second-order valence-electron chi connectivity index (χ2n) is 3.09. The van der Waals surface area contributed by atoms with Gasteiger partial charge in [-0.15, -0.1) is 0 Å². The van der Waals surface area contributed by atoms with Gasteiger partial charge in [-0.25, -0.2) is 0 Å². The van der Waals surface area contributed by atoms with Crippen LogP contribution >= 0.6 is 0 Å². The number of aliphatic hydroxyl groups excluding tert-OH is 4. The highest BCUT2D eigenvalue weighted by Gasteiger charge is 2.31. The molecule has 0 aliphatic carbocycles. The number of carbonyl (C=O) groups is 2. The zero-order chi connectivity index (χ0) is 12.0. The molecule has 0 aliphatic rings. The Morgan fingerprint density at radius 2 is 1.87 bits per heavy atom. The van der Waals surface area contributed by atoms with E-state index in [9.17, 15) is 19.8 Å². The molecule has 0 heterocycles. The van der Waals surface area contributed by atoms with Crippen LogP contribution in [0.4, 0.5) is 0 Å². The third kappa shape index (κ3) is 4.34. The van der Waals surface area contributed by atoms with Crippen LogP contribution in [0.25, 0.3) is 0 Å². The lowest BCUT2D eigenvalue weighted by Crippen LogP contribution is -2.53. The van der Waals surface area contributed by atoms with E-state index in [1.807, 2.05) is 0 Å². The molecule has 0 saturated carbocycles. The molecule has 0 aromatic carbocycles. The highest BCUT2D eigenvalue weighted by molar-refractivity contribution is 5.77. The summed E-state index contributed by atoms with van der Waals surface area (Å²) in [4.78, 5) is 21.1. The molecule has 15 heavy (non-hydrogen) atoms. The number of hydrogen-bond donors (Lipinski definition) is 5. The van der Waals surface area contributed by atoms with Crippen LogP contribution in [-0.4, -0.2) is 63.6 Å². The summed E-state index contributed by atoms with van der Waals surface area (Å²) >= 11 is 0. The van der Waals surface area contributed by atoms with E-state index in [2.05, 4.69) is 5.32 Å². The smallest absolute Gasteiger partial charge is 0.217 e. The van der Waals surface area contributed by atoms with Gasteiger partial charge in [-0.2, -0.15) is 0 Å². The number of amides is 1. The van der Waals surface area contributed by atoms with E-state index in [0.29, 0.717) is 0 Å². The Morgan fingerprint density at radius 3 is 2.20 bits per heavy atom. The highest BCUT2D eigenvalue weighted by Crippen LogP contribution is 2.03. The van der Waals surface area contributed by atoms with E-state index in [1.165, 1.54) is 0 Å². The minimum Gasteiger partial charge on any atom is -0.394 e. The van der Waals surface area contributed by atoms with Gasteiger partial charge in [-0.3, -0.25) is 4.79 Å². The van der Waals surface area contributed by atoms with Crippen LogP contribution < -0.4 is 5.32 Å². The molecule has 0 rings (SSSR count). The maximum absolute atomic E-state index is 10.6. The first-order valence-electron chi connectivity index (χ1n) is 4.31. The Hall–Kier alpha value is -1.02. The Bertz CT molecular complexity index is 221. The zero-order valence-electron chi connectivity index (χ0n) is 8.20. The fraction of sp³-hybridized carbons (Fsp3) is 0.750. The van der Waals surface area contributed by atoms with E-state index in [0.717, 1.165) is 6.92 Å². The summed E-state index contributed by atoms with van der Waals surface area (Å²) in [6, 6.07) is -1.32. The van der Waals surface area contributed by atoms with Crippen LogP contribution in [0, 0.1) is 0 Å². The Morgan fingerprint density at radius 1 is 1.33 bits per heavy atom. The molecule has 0 aromatic heterocycles. The van der Waals surface area contributed by atoms with Crippen molar-refractivity contribution in [3.63, 3.8) is 0 Å². The molecule has 0 unspecified atom stereocenters. The lowest BCUT2D eigenvalue weighted by atomic mass is 10.1. The molecule has 4 atom stereocenters. The first kappa shape index (κ1) is 14.0. The molecule has 0 aliphatic heterocycles. The van der Waals surface area contributed by atoms with E-state index >= 15 is 0 Å². The summed E-state index contributed by atoms with van der Waals surface area (Å²) in [6.07, 6.45) is -4.72. The Balaban J connectivity index is 4.42. The summed E-state index contributed by atoms with van der Waals surface area (Å²) in [5.41, 5.74) is 0. The normalized spacial score (nSPS) is 18.7. The number of carbonyl (C=O) groups excluding carboxylic acids is 2. The first-order chi connectivity index (χ1) is 6.93. The van der Waals surface area contributed by atoms with Gasteiger partial charge in [0.25, 0.3) is 0 Å². The largest absolute Gasteiger partial charge is 0.394 e. The minimum atomic E-state index is -1.71. The average Bonchev–Trinajstić information content (AvgIpc) is 2.22. The van der Waals surface area contributed by atoms with Crippen LogP contribution in [0.3, 0.4) is 0 Å². The number of rotatable bonds is 6. The standard InChI is InChI=1S/C8H15NO6/c1-4(12)9-5(2-10)7(14)8(15)6(13)3-11/h2,5-8,11,13-15H,3H2,1H3,(H,9,12)/t5-,6+,7+,8+/m0/s1/i2+2. The second kappa shape index (κ2) is 6.46. The molecule has 5 N–H and O–H groups in total. The average molecular weight is 223 g/mol. The Kier molecular flexibility index (Phi) is 6.02. The van der Waals surface area contributed by atoms with Gasteiger partial charge in [0.1, 0.15) is 30.6 Å². The predicted molar refractivity (Wildman–Crippen MR) is 48.8 cm³/mol. The van der Waals surface area contributed by atoms with E-state index in [4.69, 9.17) is 10.2 Å². The third-order valence-electron chi connectivity index (χ3n) is 1.82. The fourth-order valence-electron chi connectivity index (χ4n) is 0.983. The van der Waals surface area contributed by atoms with Gasteiger partial charge in [-0.05, 0) is 0 Å². The highest BCUT2D eigenvalue weighted by atomic mass is 16.4. The molecule has 0 bridgehead atoms. The number of aliphatic hydroxyl groups is 4. The molecule has 0 aromatic rings. The lowest BCUT2D eigenvalue weighted by molar-refractivity contribution is -0.129. The summed E-state index contributed by atoms with van der Waals surface area (Å²) in [5.74, 6) is -0.558. The topological polar surface area (TPSA) is 127 Å². The summed E-state index contributed by atoms with van der Waals surface area (Å²) < 4.78 is 0. The van der Waals surface area contributed by atoms with Crippen LogP contribution in [-0.2, 0) is 9.59 Å². The number of hydrogen-bond acceptors (Lipinski definition) is 6. The fourth-order valence-corrected chi connectivity index (χ4v) is 0.983. The van der Waals surface area contributed by atoms with Gasteiger partial charge in [0.05, 0.1) is 6.61 Å². The zero-order valence-corrected chi connectivity index (χ0v) is 8.20. The van der Waals surface area contributed by atoms with Crippen molar-refractivity contribution in [2.24, 2.45) is 0 Å². The van der Waals surface area contributed by atoms with Gasteiger partial charge in [-0.1, -0.05) is 0 Å². The lowest BCUT2D eigenvalue weighted by Gasteiger charge is -2.25. The van der Waals surface area contributed by atoms with Crippen LogP contribution in [0.2, 0.25) is 0 Å². The molecule has 88 valence electrons. The van der Waals surface area contributed by atoms with Gasteiger partial charge >= 0.3 is 0 Å². The van der Waals surface area contributed by atoms with Crippen molar-refractivity contribution in [3.8, 4) is 0 Å². The number of aldehydes is 1. The van der Waals surface area contributed by atoms with Gasteiger partial charge in [0, 0.05) is 6.92 Å². The van der Waals surface area contributed by atoms with Crippen molar-refractivity contribution in [2.75, 3.05) is 6.61 Å². The van der Waals surface area contributed by atoms with Crippen LogP contribution in [0.15, 0.2) is 0 Å². The van der Waals surface area contributed by atoms with Gasteiger partial charge in [0.15, 0.2) is 0 Å². The molecule has 0 saturated heterocycles. The van der Waals surface area contributed by atoms with Crippen molar-refractivity contribution in [3.05, 3.63) is 0 Å². The molecular formula is C8H15NO6. The van der Waals surface area contributed by atoms with E-state index in [-0.39, 0.29) is 6.29 Å². The second-order valence-corrected chi connectivity index (χ2v) is 3.09. The molecule has 0 fully saturated rings. The maximum Gasteiger partial charge on any atom is 0.217 e. The van der Waals surface area contributed by atoms with Crippen molar-refractivity contribution >= 4 is 12.2 Å². The van der Waals surface area contributed by atoms with Gasteiger partial charge < -0.3 is 30.5 Å². The number of nitrogens with one attached hydrogen (secondary N) is 1. The summed E-state index contributed by atoms with van der Waals surface area (Å²) in [6.45, 7) is 0.377. The first-order valence-corrected chi connectivity index (χ1v) is 4.31. The van der Waals surface area contributed by atoms with Crippen molar-refractivity contribution in [2.45, 2.75) is 31.3 Å². The van der Waals surface area contributed by atoms with Crippen molar-refractivity contribution in [1.29, 1.82) is 0 Å².